The molecule has 0 spiro atoms. The van der Waals surface area contributed by atoms with E-state index in [9.17, 15) is 24.0 Å². The molecule has 15 nitrogen and oxygen atoms in total. The zero-order valence-corrected chi connectivity index (χ0v) is 25.9. The molecule has 2 aliphatic rings. The highest BCUT2D eigenvalue weighted by Gasteiger charge is 2.57. The minimum absolute atomic E-state index is 0.0337. The maximum atomic E-state index is 14.1. The Bertz CT molecular complexity index is 1850. The van der Waals surface area contributed by atoms with Crippen molar-refractivity contribution in [1.29, 1.82) is 0 Å². The molecule has 1 atom stereocenters. The summed E-state index contributed by atoms with van der Waals surface area (Å²) in [5.41, 5.74) is 4.66. The van der Waals surface area contributed by atoms with Crippen LogP contribution in [0.3, 0.4) is 0 Å². The van der Waals surface area contributed by atoms with Crippen LogP contribution in [0.4, 0.5) is 10.7 Å². The highest BCUT2D eigenvalue weighted by molar-refractivity contribution is 6.09. The quantitative estimate of drug-likeness (QED) is 0.178. The van der Waals surface area contributed by atoms with Gasteiger partial charge < -0.3 is 30.2 Å². The maximum absolute atomic E-state index is 14.1. The van der Waals surface area contributed by atoms with Crippen molar-refractivity contribution in [2.45, 2.75) is 39.8 Å². The Labute approximate surface area is 263 Å². The predicted octanol–water partition coefficient (Wildman–Crippen LogP) is 2.12. The predicted molar refractivity (Wildman–Crippen MR) is 163 cm³/mol. The number of carbonyl (C=O) groups is 4. The number of hydrogen-bond acceptors (Lipinski definition) is 11. The van der Waals surface area contributed by atoms with Gasteiger partial charge in [-0.1, -0.05) is 12.6 Å². The SMILES string of the molecule is C=C(Oc1ncc(-c2cc(=O)[nH]c(N)n2)cc1C)[C@]1(CN2Cc3ccc(OC)cc3C2=O)NC(=O)N(COC(=O)C(C)(C)C)C1=O. The van der Waals surface area contributed by atoms with Gasteiger partial charge in [-0.2, -0.15) is 0 Å². The van der Waals surface area contributed by atoms with Crippen molar-refractivity contribution in [3.05, 3.63) is 75.9 Å². The van der Waals surface area contributed by atoms with E-state index >= 15 is 0 Å². The number of aromatic amines is 1. The average Bonchev–Trinajstić information content (AvgIpc) is 3.42. The Morgan fingerprint density at radius 3 is 2.54 bits per heavy atom. The third-order valence-electron chi connectivity index (χ3n) is 7.52. The van der Waals surface area contributed by atoms with Gasteiger partial charge >= 0.3 is 12.0 Å². The van der Waals surface area contributed by atoms with Crippen LogP contribution >= 0.6 is 0 Å². The van der Waals surface area contributed by atoms with E-state index in [4.69, 9.17) is 19.9 Å². The topological polar surface area (TPSA) is 199 Å². The summed E-state index contributed by atoms with van der Waals surface area (Å²) in [7, 11) is 1.48. The molecule has 4 amide bonds. The number of benzene rings is 1. The van der Waals surface area contributed by atoms with Crippen LogP contribution in [0.5, 0.6) is 11.6 Å². The number of nitrogens with zero attached hydrogens (tertiary/aromatic N) is 4. The number of esters is 1. The third kappa shape index (κ3) is 5.86. The molecule has 4 heterocycles. The van der Waals surface area contributed by atoms with Crippen LogP contribution in [0.25, 0.3) is 11.3 Å². The summed E-state index contributed by atoms with van der Waals surface area (Å²) in [5, 5.41) is 2.63. The Balaban J connectivity index is 1.46. The van der Waals surface area contributed by atoms with Crippen LogP contribution in [0.1, 0.15) is 42.3 Å². The number of imide groups is 1. The number of carbonyl (C=O) groups excluding carboxylic acids is 4. The Kier molecular flexibility index (Phi) is 8.02. The number of aromatic nitrogens is 3. The average molecular weight is 632 g/mol. The maximum Gasteiger partial charge on any atom is 0.328 e. The summed E-state index contributed by atoms with van der Waals surface area (Å²) in [5.74, 6) is -1.66. The lowest BCUT2D eigenvalue weighted by Crippen LogP contribution is -2.57. The first-order valence-corrected chi connectivity index (χ1v) is 14.1. The van der Waals surface area contributed by atoms with Gasteiger partial charge in [0.2, 0.25) is 11.8 Å². The third-order valence-corrected chi connectivity index (χ3v) is 7.52. The molecule has 0 aliphatic carbocycles. The standard InChI is InChI=1S/C31H33N7O8/c1-16-9-19(22-11-23(39)35-28(32)34-22)12-33-24(16)46-17(2)31(14-37-13-18-7-8-20(44-6)10-21(18)25(37)40)26(41)38(29(43)36-31)15-45-27(42)30(3,4)5/h7-12H,2,13-15H2,1,3-6H3,(H,36,43)(H3,32,34,35,39)/t31-/m0/s1. The molecule has 15 heteroatoms. The minimum Gasteiger partial charge on any atom is -0.497 e. The molecular formula is C31H33N7O8. The number of rotatable bonds is 9. The van der Waals surface area contributed by atoms with Crippen molar-refractivity contribution in [2.24, 2.45) is 5.41 Å². The number of hydrogen-bond donors (Lipinski definition) is 3. The van der Waals surface area contributed by atoms with Crippen molar-refractivity contribution in [3.8, 4) is 22.9 Å². The zero-order chi connectivity index (χ0) is 33.6. The highest BCUT2D eigenvalue weighted by Crippen LogP contribution is 2.34. The number of fused-ring (bicyclic) bond motifs is 1. The number of nitrogens with two attached hydrogens (primary N) is 1. The number of pyridine rings is 1. The van der Waals surface area contributed by atoms with E-state index in [1.54, 1.807) is 52.0 Å². The molecule has 1 saturated heterocycles. The smallest absolute Gasteiger partial charge is 0.328 e. The molecule has 0 radical (unpaired) electrons. The van der Waals surface area contributed by atoms with E-state index in [0.717, 1.165) is 4.90 Å². The van der Waals surface area contributed by atoms with Gasteiger partial charge in [-0.15, -0.1) is 0 Å². The first kappa shape index (κ1) is 31.7. The zero-order valence-electron chi connectivity index (χ0n) is 25.9. The van der Waals surface area contributed by atoms with Crippen molar-refractivity contribution in [2.75, 3.05) is 26.1 Å². The number of amides is 4. The Morgan fingerprint density at radius 2 is 1.89 bits per heavy atom. The second-order valence-corrected chi connectivity index (χ2v) is 12.0. The second kappa shape index (κ2) is 11.6. The van der Waals surface area contributed by atoms with Gasteiger partial charge in [0.15, 0.2) is 12.3 Å². The van der Waals surface area contributed by atoms with Crippen molar-refractivity contribution >= 4 is 29.8 Å². The van der Waals surface area contributed by atoms with Crippen LogP contribution in [0.15, 0.2) is 53.7 Å². The lowest BCUT2D eigenvalue weighted by atomic mass is 9.96. The van der Waals surface area contributed by atoms with Gasteiger partial charge in [-0.25, -0.2) is 19.7 Å². The molecule has 4 N–H and O–H groups in total. The summed E-state index contributed by atoms with van der Waals surface area (Å²) in [6.07, 6.45) is 1.39. The lowest BCUT2D eigenvalue weighted by Gasteiger charge is -2.32. The van der Waals surface area contributed by atoms with E-state index < -0.39 is 47.1 Å². The Morgan fingerprint density at radius 1 is 1.15 bits per heavy atom. The molecule has 2 aliphatic heterocycles. The number of anilines is 1. The summed E-state index contributed by atoms with van der Waals surface area (Å²) in [4.78, 5) is 78.0. The normalized spacial score (nSPS) is 17.5. The molecule has 0 saturated carbocycles. The first-order valence-electron chi connectivity index (χ1n) is 14.1. The molecule has 46 heavy (non-hydrogen) atoms. The molecular weight excluding hydrogens is 598 g/mol. The molecule has 240 valence electrons. The van der Waals surface area contributed by atoms with Crippen molar-refractivity contribution in [1.82, 2.24) is 30.1 Å². The fraction of sp³-hybridized carbons (Fsp3) is 0.323. The molecule has 5 rings (SSSR count). The molecule has 0 unspecified atom stereocenters. The summed E-state index contributed by atoms with van der Waals surface area (Å²) < 4.78 is 16.6. The summed E-state index contributed by atoms with van der Waals surface area (Å²) in [6.45, 7) is 9.66. The monoisotopic (exact) mass is 631 g/mol. The van der Waals surface area contributed by atoms with Gasteiger partial charge in [0.05, 0.1) is 24.8 Å². The molecule has 3 aromatic rings. The highest BCUT2D eigenvalue weighted by atomic mass is 16.5. The summed E-state index contributed by atoms with van der Waals surface area (Å²) in [6, 6.07) is 7.09. The van der Waals surface area contributed by atoms with Gasteiger partial charge in [0.25, 0.3) is 17.4 Å². The molecule has 0 bridgehead atoms. The van der Waals surface area contributed by atoms with Crippen LogP contribution in [-0.4, -0.2) is 74.5 Å². The number of urea groups is 1. The van der Waals surface area contributed by atoms with Crippen LogP contribution in [0.2, 0.25) is 0 Å². The van der Waals surface area contributed by atoms with Gasteiger partial charge in [-0.3, -0.25) is 24.2 Å². The summed E-state index contributed by atoms with van der Waals surface area (Å²) >= 11 is 0. The van der Waals surface area contributed by atoms with Gasteiger partial charge in [0.1, 0.15) is 11.5 Å². The van der Waals surface area contributed by atoms with Crippen LogP contribution < -0.4 is 26.1 Å². The number of nitrogens with one attached hydrogen (secondary N) is 2. The second-order valence-electron chi connectivity index (χ2n) is 12.0. The molecule has 1 aromatic carbocycles. The first-order chi connectivity index (χ1) is 21.6. The Hall–Kier alpha value is -5.73. The van der Waals surface area contributed by atoms with E-state index in [1.807, 2.05) is 0 Å². The number of nitrogen functional groups attached to an aromatic ring is 1. The largest absolute Gasteiger partial charge is 0.497 e. The van der Waals surface area contributed by atoms with Gasteiger partial charge in [-0.05, 0) is 51.5 Å². The van der Waals surface area contributed by atoms with E-state index in [-0.39, 0.29) is 36.4 Å². The van der Waals surface area contributed by atoms with Crippen molar-refractivity contribution in [3.63, 3.8) is 0 Å². The van der Waals surface area contributed by atoms with Crippen molar-refractivity contribution < 1.29 is 33.4 Å². The number of H-pyrrole nitrogens is 1. The van der Waals surface area contributed by atoms with E-state index in [1.165, 1.54) is 24.3 Å². The van der Waals surface area contributed by atoms with Gasteiger partial charge in [0, 0.05) is 35.5 Å². The van der Waals surface area contributed by atoms with E-state index in [2.05, 4.69) is 26.8 Å². The fourth-order valence-electron chi connectivity index (χ4n) is 4.99. The number of aryl methyl sites for hydroxylation is 1. The minimum atomic E-state index is -1.98. The van der Waals surface area contributed by atoms with E-state index in [0.29, 0.717) is 28.0 Å². The van der Waals surface area contributed by atoms with Crippen LogP contribution in [-0.2, 0) is 20.9 Å². The number of methoxy groups -OCH3 is 1. The molecule has 1 fully saturated rings. The molecule has 2 aromatic heterocycles. The fourth-order valence-corrected chi connectivity index (χ4v) is 4.99. The lowest BCUT2D eigenvalue weighted by molar-refractivity contribution is -0.158. The van der Waals surface area contributed by atoms with Crippen LogP contribution in [0, 0.1) is 12.3 Å². The number of ether oxygens (including phenoxy) is 3.